The SMILES string of the molecule is COC1CC(OCCCN(C)C(=O)COCC2CN(C(C)C)C2)C1. The van der Waals surface area contributed by atoms with Gasteiger partial charge in [0.05, 0.1) is 18.8 Å². The summed E-state index contributed by atoms with van der Waals surface area (Å²) >= 11 is 0. The van der Waals surface area contributed by atoms with Crippen LogP contribution in [0.25, 0.3) is 0 Å². The number of amides is 1. The molecule has 0 aromatic rings. The number of ether oxygens (including phenoxy) is 3. The van der Waals surface area contributed by atoms with E-state index in [4.69, 9.17) is 14.2 Å². The molecule has 6 heteroatoms. The predicted molar refractivity (Wildman–Crippen MR) is 93.0 cm³/mol. The van der Waals surface area contributed by atoms with E-state index in [-0.39, 0.29) is 12.5 Å². The van der Waals surface area contributed by atoms with Crippen molar-refractivity contribution in [2.75, 3.05) is 53.6 Å². The van der Waals surface area contributed by atoms with Crippen LogP contribution < -0.4 is 0 Å². The third kappa shape index (κ3) is 5.99. The van der Waals surface area contributed by atoms with Gasteiger partial charge in [-0.1, -0.05) is 0 Å². The van der Waals surface area contributed by atoms with Gasteiger partial charge in [0.2, 0.25) is 5.91 Å². The van der Waals surface area contributed by atoms with Crippen molar-refractivity contribution in [2.45, 2.75) is 51.4 Å². The highest BCUT2D eigenvalue weighted by atomic mass is 16.5. The topological polar surface area (TPSA) is 51.2 Å². The first-order valence-corrected chi connectivity index (χ1v) is 9.19. The molecule has 2 fully saturated rings. The van der Waals surface area contributed by atoms with Crippen LogP contribution in [0.4, 0.5) is 0 Å². The lowest BCUT2D eigenvalue weighted by Gasteiger charge is -2.41. The van der Waals surface area contributed by atoms with Gasteiger partial charge in [-0.25, -0.2) is 0 Å². The molecular weight excluding hydrogens is 308 g/mol. The minimum Gasteiger partial charge on any atom is -0.381 e. The Morgan fingerprint density at radius 2 is 1.96 bits per heavy atom. The largest absolute Gasteiger partial charge is 0.381 e. The monoisotopic (exact) mass is 342 g/mol. The van der Waals surface area contributed by atoms with Crippen LogP contribution in [0.5, 0.6) is 0 Å². The summed E-state index contributed by atoms with van der Waals surface area (Å²) in [6.45, 7) is 8.89. The summed E-state index contributed by atoms with van der Waals surface area (Å²) in [4.78, 5) is 16.2. The quantitative estimate of drug-likeness (QED) is 0.531. The molecule has 140 valence electrons. The Balaban J connectivity index is 1.43. The van der Waals surface area contributed by atoms with E-state index in [2.05, 4.69) is 18.7 Å². The molecule has 1 amide bonds. The van der Waals surface area contributed by atoms with E-state index in [0.717, 1.165) is 32.4 Å². The van der Waals surface area contributed by atoms with Crippen molar-refractivity contribution in [2.24, 2.45) is 5.92 Å². The molecule has 1 aliphatic heterocycles. The lowest BCUT2D eigenvalue weighted by Crippen LogP contribution is -2.52. The zero-order valence-electron chi connectivity index (χ0n) is 15.7. The number of likely N-dealkylation sites (tertiary alicyclic amines) is 1. The standard InChI is InChI=1S/C18H34N2O4/c1-14(2)20-10-15(11-20)12-23-13-18(21)19(3)6-5-7-24-17-8-16(9-17)22-4/h14-17H,5-13H2,1-4H3. The van der Waals surface area contributed by atoms with Crippen molar-refractivity contribution < 1.29 is 19.0 Å². The molecule has 0 N–H and O–H groups in total. The third-order valence-corrected chi connectivity index (χ3v) is 5.10. The van der Waals surface area contributed by atoms with Crippen LogP contribution in [0, 0.1) is 5.92 Å². The molecule has 0 atom stereocenters. The maximum Gasteiger partial charge on any atom is 0.248 e. The average Bonchev–Trinajstić information content (AvgIpc) is 2.46. The molecule has 1 heterocycles. The summed E-state index contributed by atoms with van der Waals surface area (Å²) in [5, 5.41) is 0. The molecule has 2 rings (SSSR count). The second-order valence-electron chi connectivity index (χ2n) is 7.42. The minimum atomic E-state index is 0.0538. The molecule has 6 nitrogen and oxygen atoms in total. The fourth-order valence-electron chi connectivity index (χ4n) is 3.08. The molecule has 0 aromatic carbocycles. The first-order valence-electron chi connectivity index (χ1n) is 9.19. The van der Waals surface area contributed by atoms with Gasteiger partial charge in [0, 0.05) is 52.4 Å². The first-order chi connectivity index (χ1) is 11.5. The molecule has 0 bridgehead atoms. The highest BCUT2D eigenvalue weighted by Gasteiger charge is 2.30. The van der Waals surface area contributed by atoms with Gasteiger partial charge in [-0.05, 0) is 33.1 Å². The average molecular weight is 342 g/mol. The van der Waals surface area contributed by atoms with E-state index >= 15 is 0 Å². The maximum atomic E-state index is 12.0. The molecule has 0 radical (unpaired) electrons. The van der Waals surface area contributed by atoms with Crippen molar-refractivity contribution in [1.82, 2.24) is 9.80 Å². The van der Waals surface area contributed by atoms with Gasteiger partial charge < -0.3 is 24.0 Å². The van der Waals surface area contributed by atoms with Gasteiger partial charge in [-0.15, -0.1) is 0 Å². The normalized spacial score (nSPS) is 24.7. The second-order valence-corrected chi connectivity index (χ2v) is 7.42. The Bertz CT molecular complexity index is 379. The molecule has 0 aromatic heterocycles. The number of methoxy groups -OCH3 is 1. The number of carbonyl (C=O) groups excluding carboxylic acids is 1. The smallest absolute Gasteiger partial charge is 0.248 e. The number of hydrogen-bond acceptors (Lipinski definition) is 5. The zero-order valence-corrected chi connectivity index (χ0v) is 15.7. The zero-order chi connectivity index (χ0) is 17.5. The Hall–Kier alpha value is -0.690. The number of hydrogen-bond donors (Lipinski definition) is 0. The second kappa shape index (κ2) is 9.70. The van der Waals surface area contributed by atoms with Crippen LogP contribution in [0.15, 0.2) is 0 Å². The molecule has 1 aliphatic carbocycles. The summed E-state index contributed by atoms with van der Waals surface area (Å²) in [6.07, 6.45) is 3.57. The van der Waals surface area contributed by atoms with Gasteiger partial charge in [0.1, 0.15) is 6.61 Å². The lowest BCUT2D eigenvalue weighted by atomic mass is 9.92. The van der Waals surface area contributed by atoms with E-state index in [0.29, 0.717) is 43.9 Å². The summed E-state index contributed by atoms with van der Waals surface area (Å²) in [7, 11) is 3.58. The number of likely N-dealkylation sites (N-methyl/N-ethyl adjacent to an activating group) is 1. The highest BCUT2D eigenvalue weighted by molar-refractivity contribution is 5.77. The Morgan fingerprint density at radius 1 is 1.25 bits per heavy atom. The minimum absolute atomic E-state index is 0.0538. The van der Waals surface area contributed by atoms with Crippen LogP contribution in [0.2, 0.25) is 0 Å². The van der Waals surface area contributed by atoms with Crippen LogP contribution in [0.1, 0.15) is 33.1 Å². The van der Waals surface area contributed by atoms with E-state index < -0.39 is 0 Å². The molecule has 2 aliphatic rings. The first kappa shape index (κ1) is 19.6. The van der Waals surface area contributed by atoms with Crippen molar-refractivity contribution >= 4 is 5.91 Å². The van der Waals surface area contributed by atoms with Gasteiger partial charge in [0.15, 0.2) is 0 Å². The molecule has 1 saturated heterocycles. The predicted octanol–water partition coefficient (Wildman–Crippen LogP) is 1.39. The Morgan fingerprint density at radius 3 is 2.58 bits per heavy atom. The summed E-state index contributed by atoms with van der Waals surface area (Å²) < 4.78 is 16.6. The van der Waals surface area contributed by atoms with Crippen LogP contribution >= 0.6 is 0 Å². The lowest BCUT2D eigenvalue weighted by molar-refractivity contribution is -0.136. The molecule has 1 saturated carbocycles. The Kier molecular flexibility index (Phi) is 7.94. The van der Waals surface area contributed by atoms with Crippen LogP contribution in [-0.2, 0) is 19.0 Å². The highest BCUT2D eigenvalue weighted by Crippen LogP contribution is 2.25. The summed E-state index contributed by atoms with van der Waals surface area (Å²) in [5.41, 5.74) is 0. The third-order valence-electron chi connectivity index (χ3n) is 5.10. The van der Waals surface area contributed by atoms with E-state index in [1.54, 1.807) is 12.0 Å². The number of rotatable bonds is 11. The number of carbonyl (C=O) groups is 1. The van der Waals surface area contributed by atoms with Crippen molar-refractivity contribution in [3.63, 3.8) is 0 Å². The van der Waals surface area contributed by atoms with Gasteiger partial charge >= 0.3 is 0 Å². The van der Waals surface area contributed by atoms with Gasteiger partial charge in [-0.2, -0.15) is 0 Å². The van der Waals surface area contributed by atoms with Crippen LogP contribution in [-0.4, -0.2) is 87.6 Å². The van der Waals surface area contributed by atoms with Crippen molar-refractivity contribution in [3.05, 3.63) is 0 Å². The van der Waals surface area contributed by atoms with Gasteiger partial charge in [0.25, 0.3) is 0 Å². The Labute approximate surface area is 146 Å². The summed E-state index contributed by atoms with van der Waals surface area (Å²) in [6, 6.07) is 0.608. The molecule has 0 unspecified atom stereocenters. The maximum absolute atomic E-state index is 12.0. The van der Waals surface area contributed by atoms with E-state index in [1.165, 1.54) is 0 Å². The number of nitrogens with zero attached hydrogens (tertiary/aromatic N) is 2. The van der Waals surface area contributed by atoms with Gasteiger partial charge in [-0.3, -0.25) is 4.79 Å². The molecule has 0 spiro atoms. The van der Waals surface area contributed by atoms with Crippen LogP contribution in [0.3, 0.4) is 0 Å². The van der Waals surface area contributed by atoms with E-state index in [9.17, 15) is 4.79 Å². The molecule has 24 heavy (non-hydrogen) atoms. The van der Waals surface area contributed by atoms with Crippen molar-refractivity contribution in [1.29, 1.82) is 0 Å². The molecular formula is C18H34N2O4. The summed E-state index contributed by atoms with van der Waals surface area (Å²) in [5.74, 6) is 0.635. The van der Waals surface area contributed by atoms with Crippen molar-refractivity contribution in [3.8, 4) is 0 Å². The van der Waals surface area contributed by atoms with E-state index in [1.807, 2.05) is 7.05 Å². The fraction of sp³-hybridized carbons (Fsp3) is 0.944. The fourth-order valence-corrected chi connectivity index (χ4v) is 3.08.